The molecule has 5 nitrogen and oxygen atoms in total. The van der Waals surface area contributed by atoms with E-state index in [1.165, 1.54) is 18.2 Å². The molecule has 0 saturated heterocycles. The molecule has 0 heterocycles. The Morgan fingerprint density at radius 1 is 1.33 bits per heavy atom. The van der Waals surface area contributed by atoms with Gasteiger partial charge < -0.3 is 15.2 Å². The Kier molecular flexibility index (Phi) is 5.63. The maximum Gasteiger partial charge on any atom is 0.387 e. The molecular weight excluding hydrogens is 284 g/mol. The maximum atomic E-state index is 12.1. The Bertz CT molecular complexity index is 515. The molecule has 1 aromatic rings. The summed E-state index contributed by atoms with van der Waals surface area (Å²) in [6, 6.07) is 5.20. The molecule has 21 heavy (non-hydrogen) atoms. The number of halogens is 2. The third-order valence-electron chi connectivity index (χ3n) is 3.29. The average molecular weight is 301 g/mol. The highest BCUT2D eigenvalue weighted by Crippen LogP contribution is 2.19. The van der Waals surface area contributed by atoms with Crippen LogP contribution in [0, 0.1) is 0 Å². The molecule has 0 saturated carbocycles. The number of rotatable bonds is 7. The molecule has 0 radical (unpaired) electrons. The summed E-state index contributed by atoms with van der Waals surface area (Å²) in [6.45, 7) is 0.301. The molecule has 1 rings (SSSR count). The number of carboxylic acid groups (broad SMARTS) is 1. The maximum absolute atomic E-state index is 12.1. The molecule has 116 valence electrons. The first kappa shape index (κ1) is 16.9. The summed E-state index contributed by atoms with van der Waals surface area (Å²) in [7, 11) is 0. The van der Waals surface area contributed by atoms with E-state index in [-0.39, 0.29) is 24.2 Å². The van der Waals surface area contributed by atoms with Gasteiger partial charge in [0.1, 0.15) is 11.3 Å². The minimum atomic E-state index is -2.99. The van der Waals surface area contributed by atoms with Crippen molar-refractivity contribution in [2.45, 2.75) is 38.8 Å². The first-order valence-electron chi connectivity index (χ1n) is 6.45. The highest BCUT2D eigenvalue weighted by atomic mass is 19.3. The van der Waals surface area contributed by atoms with Gasteiger partial charge in [0.2, 0.25) is 0 Å². The van der Waals surface area contributed by atoms with Crippen LogP contribution in [-0.4, -0.2) is 29.1 Å². The summed E-state index contributed by atoms with van der Waals surface area (Å²) in [5, 5.41) is 11.7. The van der Waals surface area contributed by atoms with Crippen molar-refractivity contribution in [3.05, 3.63) is 29.8 Å². The summed E-state index contributed by atoms with van der Waals surface area (Å²) in [5.74, 6) is -1.95. The lowest BCUT2D eigenvalue weighted by Gasteiger charge is -2.28. The van der Waals surface area contributed by atoms with Crippen LogP contribution in [0.5, 0.6) is 5.75 Å². The minimum absolute atomic E-state index is 0.0562. The largest absolute Gasteiger partial charge is 0.480 e. The standard InChI is InChI=1S/C14H17F2NO4/c1-3-14(4-2,12(19)20)17-11(18)9-6-5-7-10(8-9)21-13(15)16/h5-8,13H,3-4H2,1-2H3,(H,17,18)(H,19,20). The van der Waals surface area contributed by atoms with E-state index >= 15 is 0 Å². The zero-order valence-electron chi connectivity index (χ0n) is 11.7. The summed E-state index contributed by atoms with van der Waals surface area (Å²) < 4.78 is 28.5. The first-order valence-corrected chi connectivity index (χ1v) is 6.45. The van der Waals surface area contributed by atoms with Crippen LogP contribution in [0.2, 0.25) is 0 Å². The second-order valence-electron chi connectivity index (χ2n) is 4.45. The molecule has 2 N–H and O–H groups in total. The van der Waals surface area contributed by atoms with Crippen molar-refractivity contribution in [3.63, 3.8) is 0 Å². The number of carboxylic acids is 1. The molecule has 0 aromatic heterocycles. The molecule has 1 aromatic carbocycles. The van der Waals surface area contributed by atoms with Gasteiger partial charge in [0.25, 0.3) is 5.91 Å². The molecule has 0 fully saturated rings. The van der Waals surface area contributed by atoms with Crippen LogP contribution in [-0.2, 0) is 4.79 Å². The van der Waals surface area contributed by atoms with E-state index in [0.29, 0.717) is 0 Å². The zero-order chi connectivity index (χ0) is 16.0. The smallest absolute Gasteiger partial charge is 0.387 e. The summed E-state index contributed by atoms with van der Waals surface area (Å²) in [6.07, 6.45) is 0.412. The second-order valence-corrected chi connectivity index (χ2v) is 4.45. The van der Waals surface area contributed by atoms with Crippen molar-refractivity contribution in [2.24, 2.45) is 0 Å². The summed E-state index contributed by atoms with van der Waals surface area (Å²) in [5.41, 5.74) is -1.32. The average Bonchev–Trinajstić information content (AvgIpc) is 2.44. The van der Waals surface area contributed by atoms with Gasteiger partial charge in [-0.3, -0.25) is 4.79 Å². The molecule has 0 atom stereocenters. The number of aliphatic carboxylic acids is 1. The van der Waals surface area contributed by atoms with E-state index in [2.05, 4.69) is 10.1 Å². The Balaban J connectivity index is 2.95. The first-order chi connectivity index (χ1) is 9.84. The molecule has 0 bridgehead atoms. The molecule has 0 aliphatic carbocycles. The minimum Gasteiger partial charge on any atom is -0.480 e. The Morgan fingerprint density at radius 3 is 2.43 bits per heavy atom. The monoisotopic (exact) mass is 301 g/mol. The fourth-order valence-electron chi connectivity index (χ4n) is 1.89. The second kappa shape index (κ2) is 7.01. The van der Waals surface area contributed by atoms with Gasteiger partial charge in [-0.25, -0.2) is 4.79 Å². The Morgan fingerprint density at radius 2 is 1.95 bits per heavy atom. The Hall–Kier alpha value is -2.18. The number of amides is 1. The summed E-state index contributed by atoms with van der Waals surface area (Å²) >= 11 is 0. The van der Waals surface area contributed by atoms with Crippen molar-refractivity contribution in [2.75, 3.05) is 0 Å². The van der Waals surface area contributed by atoms with E-state index in [1.54, 1.807) is 13.8 Å². The van der Waals surface area contributed by atoms with Gasteiger partial charge in [0, 0.05) is 5.56 Å². The van der Waals surface area contributed by atoms with Gasteiger partial charge in [0.05, 0.1) is 0 Å². The van der Waals surface area contributed by atoms with E-state index in [1.807, 2.05) is 0 Å². The van der Waals surface area contributed by atoms with E-state index in [9.17, 15) is 23.5 Å². The SMILES string of the molecule is CCC(CC)(NC(=O)c1cccc(OC(F)F)c1)C(=O)O. The fourth-order valence-corrected chi connectivity index (χ4v) is 1.89. The molecule has 0 aliphatic rings. The van der Waals surface area contributed by atoms with Crippen LogP contribution >= 0.6 is 0 Å². The number of hydrogen-bond donors (Lipinski definition) is 2. The quantitative estimate of drug-likeness (QED) is 0.812. The predicted molar refractivity (Wildman–Crippen MR) is 71.5 cm³/mol. The lowest BCUT2D eigenvalue weighted by molar-refractivity contribution is -0.144. The molecule has 1 amide bonds. The van der Waals surface area contributed by atoms with Crippen LogP contribution in [0.3, 0.4) is 0 Å². The zero-order valence-corrected chi connectivity index (χ0v) is 11.7. The van der Waals surface area contributed by atoms with E-state index < -0.39 is 24.0 Å². The van der Waals surface area contributed by atoms with Crippen molar-refractivity contribution in [1.82, 2.24) is 5.32 Å². The van der Waals surface area contributed by atoms with Crippen LogP contribution in [0.1, 0.15) is 37.0 Å². The highest BCUT2D eigenvalue weighted by Gasteiger charge is 2.36. The molecule has 0 spiro atoms. The normalized spacial score (nSPS) is 11.3. The van der Waals surface area contributed by atoms with Crippen molar-refractivity contribution < 1.29 is 28.2 Å². The van der Waals surface area contributed by atoms with Crippen molar-refractivity contribution in [3.8, 4) is 5.75 Å². The number of carbonyl (C=O) groups excluding carboxylic acids is 1. The molecule has 0 unspecified atom stereocenters. The van der Waals surface area contributed by atoms with Crippen LogP contribution in [0.25, 0.3) is 0 Å². The van der Waals surface area contributed by atoms with Gasteiger partial charge in [-0.1, -0.05) is 19.9 Å². The number of nitrogens with one attached hydrogen (secondary N) is 1. The number of carbonyl (C=O) groups is 2. The van der Waals surface area contributed by atoms with Crippen LogP contribution in [0.15, 0.2) is 24.3 Å². The van der Waals surface area contributed by atoms with Crippen molar-refractivity contribution in [1.29, 1.82) is 0 Å². The topological polar surface area (TPSA) is 75.6 Å². The van der Waals surface area contributed by atoms with Gasteiger partial charge in [0.15, 0.2) is 0 Å². The number of alkyl halides is 2. The van der Waals surface area contributed by atoms with E-state index in [0.717, 1.165) is 6.07 Å². The lowest BCUT2D eigenvalue weighted by Crippen LogP contribution is -2.53. The van der Waals surface area contributed by atoms with Crippen LogP contribution in [0.4, 0.5) is 8.78 Å². The van der Waals surface area contributed by atoms with Gasteiger partial charge in [-0.05, 0) is 31.0 Å². The third kappa shape index (κ3) is 4.14. The lowest BCUT2D eigenvalue weighted by atomic mass is 9.92. The van der Waals surface area contributed by atoms with Crippen LogP contribution < -0.4 is 10.1 Å². The number of ether oxygens (including phenoxy) is 1. The summed E-state index contributed by atoms with van der Waals surface area (Å²) in [4.78, 5) is 23.4. The van der Waals surface area contributed by atoms with E-state index in [4.69, 9.17) is 0 Å². The molecule has 7 heteroatoms. The number of benzene rings is 1. The van der Waals surface area contributed by atoms with Gasteiger partial charge >= 0.3 is 12.6 Å². The third-order valence-corrected chi connectivity index (χ3v) is 3.29. The fraction of sp³-hybridized carbons (Fsp3) is 0.429. The Labute approximate surface area is 120 Å². The predicted octanol–water partition coefficient (Wildman–Crippen LogP) is 2.66. The van der Waals surface area contributed by atoms with Gasteiger partial charge in [-0.15, -0.1) is 0 Å². The van der Waals surface area contributed by atoms with Crippen molar-refractivity contribution >= 4 is 11.9 Å². The highest BCUT2D eigenvalue weighted by molar-refractivity contribution is 5.98. The number of hydrogen-bond acceptors (Lipinski definition) is 3. The molecular formula is C14H17F2NO4. The molecule has 0 aliphatic heterocycles. The van der Waals surface area contributed by atoms with Gasteiger partial charge in [-0.2, -0.15) is 8.78 Å².